The van der Waals surface area contributed by atoms with E-state index in [2.05, 4.69) is 0 Å². The minimum absolute atomic E-state index is 0.209. The molecule has 0 aromatic heterocycles. The smallest absolute Gasteiger partial charge is 0.189 e. The van der Waals surface area contributed by atoms with Gasteiger partial charge in [0.25, 0.3) is 0 Å². The third-order valence-electron chi connectivity index (χ3n) is 4.38. The van der Waals surface area contributed by atoms with Gasteiger partial charge in [-0.05, 0) is 34.6 Å². The number of hydrogen-bond acceptors (Lipinski definition) is 4. The molecule has 1 heterocycles. The number of ether oxygens (including phenoxy) is 1. The molecule has 25 heavy (non-hydrogen) atoms. The van der Waals surface area contributed by atoms with E-state index < -0.39 is 6.23 Å². The van der Waals surface area contributed by atoms with E-state index in [1.54, 1.807) is 12.1 Å². The predicted molar refractivity (Wildman–Crippen MR) is 99.0 cm³/mol. The van der Waals surface area contributed by atoms with Crippen LogP contribution in [0.5, 0.6) is 11.5 Å². The molecule has 0 aliphatic carbocycles. The van der Waals surface area contributed by atoms with Crippen LogP contribution in [0, 0.1) is 0 Å². The Bertz CT molecular complexity index is 1060. The summed E-state index contributed by atoms with van der Waals surface area (Å²) in [4.78, 5) is 0. The van der Waals surface area contributed by atoms with Gasteiger partial charge in [-0.3, -0.25) is 5.73 Å². The molecule has 0 saturated heterocycles. The summed E-state index contributed by atoms with van der Waals surface area (Å²) in [6, 6.07) is 21.1. The van der Waals surface area contributed by atoms with Crippen molar-refractivity contribution in [2.24, 2.45) is 11.5 Å². The van der Waals surface area contributed by atoms with Gasteiger partial charge < -0.3 is 15.6 Å². The first-order valence-corrected chi connectivity index (χ1v) is 8.05. The monoisotopic (exact) mass is 330 g/mol. The molecule has 0 spiro atoms. The van der Waals surface area contributed by atoms with Crippen molar-refractivity contribution in [2.45, 2.75) is 6.23 Å². The van der Waals surface area contributed by atoms with Crippen LogP contribution >= 0.6 is 0 Å². The van der Waals surface area contributed by atoms with E-state index in [0.717, 1.165) is 21.6 Å². The Morgan fingerprint density at radius 2 is 1.64 bits per heavy atom. The maximum Gasteiger partial charge on any atom is 0.189 e. The van der Waals surface area contributed by atoms with Crippen molar-refractivity contribution in [2.75, 3.05) is 0 Å². The van der Waals surface area contributed by atoms with Crippen molar-refractivity contribution in [3.8, 4) is 22.6 Å². The van der Waals surface area contributed by atoms with Gasteiger partial charge in [0.05, 0.1) is 5.70 Å². The molecule has 4 nitrogen and oxygen atoms in total. The number of fused-ring (bicyclic) bond motifs is 1. The van der Waals surface area contributed by atoms with Gasteiger partial charge in [0.2, 0.25) is 0 Å². The molecule has 0 saturated carbocycles. The van der Waals surface area contributed by atoms with Gasteiger partial charge in [-0.15, -0.1) is 0 Å². The van der Waals surface area contributed by atoms with Crippen molar-refractivity contribution < 1.29 is 9.84 Å². The van der Waals surface area contributed by atoms with Gasteiger partial charge in [0.1, 0.15) is 11.5 Å². The van der Waals surface area contributed by atoms with Crippen molar-refractivity contribution in [3.63, 3.8) is 0 Å². The van der Waals surface area contributed by atoms with E-state index in [4.69, 9.17) is 16.2 Å². The van der Waals surface area contributed by atoms with Crippen LogP contribution in [-0.2, 0) is 0 Å². The molecule has 5 N–H and O–H groups in total. The average Bonchev–Trinajstić information content (AvgIpc) is 2.92. The second-order valence-electron chi connectivity index (χ2n) is 5.96. The van der Waals surface area contributed by atoms with E-state index in [9.17, 15) is 5.11 Å². The second kappa shape index (κ2) is 6.00. The first-order valence-electron chi connectivity index (χ1n) is 8.05. The van der Waals surface area contributed by atoms with Gasteiger partial charge in [-0.25, -0.2) is 0 Å². The van der Waals surface area contributed by atoms with Gasteiger partial charge in [0, 0.05) is 10.8 Å². The van der Waals surface area contributed by atoms with Crippen LogP contribution in [-0.4, -0.2) is 11.3 Å². The number of hydrogen-bond donors (Lipinski definition) is 3. The van der Waals surface area contributed by atoms with Gasteiger partial charge in [-0.1, -0.05) is 54.6 Å². The highest BCUT2D eigenvalue weighted by atomic mass is 16.5. The van der Waals surface area contributed by atoms with E-state index >= 15 is 0 Å². The molecule has 4 heteroatoms. The minimum Gasteiger partial charge on any atom is -0.507 e. The summed E-state index contributed by atoms with van der Waals surface area (Å²) >= 11 is 0. The first-order chi connectivity index (χ1) is 12.1. The molecule has 0 amide bonds. The normalized spacial score (nSPS) is 16.6. The van der Waals surface area contributed by atoms with Gasteiger partial charge >= 0.3 is 0 Å². The minimum atomic E-state index is -0.655. The molecule has 1 aliphatic rings. The molecular weight excluding hydrogens is 312 g/mol. The lowest BCUT2D eigenvalue weighted by atomic mass is 9.99. The fourth-order valence-corrected chi connectivity index (χ4v) is 3.12. The molecule has 0 fully saturated rings. The topological polar surface area (TPSA) is 81.5 Å². The SMILES string of the molecule is NC1=c2c(ccc(-c3ccccc3)c2=Cc2ccccc2O)OC1N. The molecule has 1 unspecified atom stereocenters. The Morgan fingerprint density at radius 3 is 2.40 bits per heavy atom. The van der Waals surface area contributed by atoms with Crippen LogP contribution in [0.4, 0.5) is 0 Å². The van der Waals surface area contributed by atoms with Gasteiger partial charge in [-0.2, -0.15) is 0 Å². The van der Waals surface area contributed by atoms with E-state index in [1.807, 2.05) is 60.7 Å². The number of benzene rings is 3. The molecule has 0 bridgehead atoms. The number of rotatable bonds is 2. The van der Waals surface area contributed by atoms with Crippen molar-refractivity contribution in [1.82, 2.24) is 0 Å². The third kappa shape index (κ3) is 2.62. The third-order valence-corrected chi connectivity index (χ3v) is 4.38. The highest BCUT2D eigenvalue weighted by molar-refractivity contribution is 5.72. The average molecular weight is 330 g/mol. The zero-order chi connectivity index (χ0) is 17.4. The Labute approximate surface area is 145 Å². The van der Waals surface area contributed by atoms with Crippen molar-refractivity contribution >= 4 is 11.8 Å². The molecule has 3 aromatic rings. The Kier molecular flexibility index (Phi) is 3.67. The Hall–Kier alpha value is -3.24. The van der Waals surface area contributed by atoms with E-state index in [-0.39, 0.29) is 5.75 Å². The van der Waals surface area contributed by atoms with E-state index in [1.165, 1.54) is 0 Å². The zero-order valence-electron chi connectivity index (χ0n) is 13.5. The number of para-hydroxylation sites is 1. The van der Waals surface area contributed by atoms with Crippen LogP contribution < -0.4 is 26.6 Å². The van der Waals surface area contributed by atoms with Gasteiger partial charge in [0.15, 0.2) is 6.23 Å². The summed E-state index contributed by atoms with van der Waals surface area (Å²) in [5.74, 6) is 0.868. The number of phenols is 1. The summed E-state index contributed by atoms with van der Waals surface area (Å²) in [6.07, 6.45) is 1.27. The fourth-order valence-electron chi connectivity index (χ4n) is 3.12. The van der Waals surface area contributed by atoms with Crippen LogP contribution in [0.1, 0.15) is 5.56 Å². The van der Waals surface area contributed by atoms with Crippen LogP contribution in [0.15, 0.2) is 66.7 Å². The lowest BCUT2D eigenvalue weighted by Crippen LogP contribution is -2.34. The molecule has 4 rings (SSSR count). The largest absolute Gasteiger partial charge is 0.507 e. The van der Waals surface area contributed by atoms with E-state index in [0.29, 0.717) is 17.0 Å². The summed E-state index contributed by atoms with van der Waals surface area (Å²) in [5, 5.41) is 11.8. The van der Waals surface area contributed by atoms with Crippen LogP contribution in [0.25, 0.3) is 22.9 Å². The zero-order valence-corrected chi connectivity index (χ0v) is 13.5. The maximum absolute atomic E-state index is 10.2. The standard InChI is InChI=1S/C21H18N2O2/c22-20-19-16(12-14-8-4-5-9-17(14)24)15(13-6-2-1-3-7-13)10-11-18(19)25-21(20)23/h1-12,21,24H,22-23H2. The Morgan fingerprint density at radius 1 is 0.920 bits per heavy atom. The Balaban J connectivity index is 2.11. The predicted octanol–water partition coefficient (Wildman–Crippen LogP) is 1.63. The molecule has 1 aliphatic heterocycles. The second-order valence-corrected chi connectivity index (χ2v) is 5.96. The molecular formula is C21H18N2O2. The molecule has 0 radical (unpaired) electrons. The molecule has 124 valence electrons. The summed E-state index contributed by atoms with van der Waals surface area (Å²) in [7, 11) is 0. The fraction of sp³-hybridized carbons (Fsp3) is 0.0476. The summed E-state index contributed by atoms with van der Waals surface area (Å²) < 4.78 is 5.65. The summed E-state index contributed by atoms with van der Waals surface area (Å²) in [6.45, 7) is 0. The lowest BCUT2D eigenvalue weighted by Gasteiger charge is -2.07. The van der Waals surface area contributed by atoms with Crippen molar-refractivity contribution in [1.29, 1.82) is 0 Å². The number of phenolic OH excluding ortho intramolecular Hbond substituents is 1. The molecule has 1 atom stereocenters. The molecule has 3 aromatic carbocycles. The van der Waals surface area contributed by atoms with Crippen molar-refractivity contribution in [3.05, 3.63) is 82.7 Å². The van der Waals surface area contributed by atoms with Crippen LogP contribution in [0.3, 0.4) is 0 Å². The summed E-state index contributed by atoms with van der Waals surface area (Å²) in [5.41, 5.74) is 15.4. The number of aromatic hydroxyl groups is 1. The highest BCUT2D eigenvalue weighted by Gasteiger charge is 2.21. The first kappa shape index (κ1) is 15.3. The quantitative estimate of drug-likeness (QED) is 0.667. The number of nitrogens with two attached hydrogens (primary N) is 2. The van der Waals surface area contributed by atoms with Crippen LogP contribution in [0.2, 0.25) is 0 Å². The lowest BCUT2D eigenvalue weighted by molar-refractivity contribution is 0.277. The maximum atomic E-state index is 10.2. The highest BCUT2D eigenvalue weighted by Crippen LogP contribution is 2.21.